The molecule has 0 bridgehead atoms. The summed E-state index contributed by atoms with van der Waals surface area (Å²) in [6, 6.07) is 16.6. The molecule has 4 aromatic rings. The van der Waals surface area contributed by atoms with Crippen LogP contribution in [0.3, 0.4) is 0 Å². The minimum atomic E-state index is 0.792. The molecular weight excluding hydrogens is 344 g/mol. The fourth-order valence-electron chi connectivity index (χ4n) is 3.76. The van der Waals surface area contributed by atoms with E-state index in [4.69, 9.17) is 9.98 Å². The molecule has 0 atom stereocenters. The standard InChI is InChI=1S/C24H28N4/c1-2-3-4-5-6-11-16-28-23-15-10-9-14-22(23)27-24(28)26-18-19-17-25-21-13-8-7-12-20(19)21/h7-10,12-15,17-18,25H,2-6,11,16H2,1H3. The Morgan fingerprint density at radius 1 is 0.964 bits per heavy atom. The number of aryl methyl sites for hydroxylation is 1. The summed E-state index contributed by atoms with van der Waals surface area (Å²) >= 11 is 0. The molecule has 0 fully saturated rings. The van der Waals surface area contributed by atoms with Crippen molar-refractivity contribution in [2.45, 2.75) is 52.0 Å². The van der Waals surface area contributed by atoms with Gasteiger partial charge in [-0.25, -0.2) is 9.98 Å². The Bertz CT molecular complexity index is 1070. The van der Waals surface area contributed by atoms with Crippen molar-refractivity contribution in [3.8, 4) is 0 Å². The van der Waals surface area contributed by atoms with E-state index >= 15 is 0 Å². The number of aromatic amines is 1. The minimum Gasteiger partial charge on any atom is -0.361 e. The number of nitrogens with zero attached hydrogens (tertiary/aromatic N) is 3. The zero-order valence-corrected chi connectivity index (χ0v) is 16.6. The van der Waals surface area contributed by atoms with Crippen LogP contribution in [0.1, 0.15) is 51.0 Å². The molecule has 0 aliphatic rings. The summed E-state index contributed by atoms with van der Waals surface area (Å²) in [7, 11) is 0. The first kappa shape index (κ1) is 18.5. The number of benzene rings is 2. The zero-order valence-electron chi connectivity index (χ0n) is 16.6. The monoisotopic (exact) mass is 372 g/mol. The van der Waals surface area contributed by atoms with E-state index < -0.39 is 0 Å². The molecule has 0 unspecified atom stereocenters. The summed E-state index contributed by atoms with van der Waals surface area (Å²) in [5.41, 5.74) is 4.40. The fourth-order valence-corrected chi connectivity index (χ4v) is 3.76. The average Bonchev–Trinajstić information content (AvgIpc) is 3.30. The lowest BCUT2D eigenvalue weighted by molar-refractivity contribution is 0.565. The number of aromatic nitrogens is 3. The predicted molar refractivity (Wildman–Crippen MR) is 119 cm³/mol. The van der Waals surface area contributed by atoms with Crippen molar-refractivity contribution in [3.05, 3.63) is 60.3 Å². The first-order valence-electron chi connectivity index (χ1n) is 10.4. The molecule has 2 aromatic heterocycles. The van der Waals surface area contributed by atoms with Gasteiger partial charge in [0, 0.05) is 35.4 Å². The van der Waals surface area contributed by atoms with Crippen molar-refractivity contribution in [1.29, 1.82) is 0 Å². The molecule has 144 valence electrons. The Morgan fingerprint density at radius 3 is 2.68 bits per heavy atom. The highest BCUT2D eigenvalue weighted by Gasteiger charge is 2.09. The molecule has 4 heteroatoms. The highest BCUT2D eigenvalue weighted by atomic mass is 15.2. The van der Waals surface area contributed by atoms with Crippen LogP contribution in [0, 0.1) is 0 Å². The summed E-state index contributed by atoms with van der Waals surface area (Å²) in [5.74, 6) is 0.792. The molecule has 28 heavy (non-hydrogen) atoms. The van der Waals surface area contributed by atoms with E-state index in [1.807, 2.05) is 24.5 Å². The highest BCUT2D eigenvalue weighted by molar-refractivity contribution is 5.99. The number of nitrogens with one attached hydrogen (secondary N) is 1. The van der Waals surface area contributed by atoms with Gasteiger partial charge >= 0.3 is 0 Å². The molecule has 0 aliphatic carbocycles. The number of imidazole rings is 1. The molecule has 4 nitrogen and oxygen atoms in total. The van der Waals surface area contributed by atoms with Crippen molar-refractivity contribution in [2.24, 2.45) is 4.99 Å². The Labute approximate surface area is 166 Å². The Morgan fingerprint density at radius 2 is 1.75 bits per heavy atom. The molecular formula is C24H28N4. The number of H-pyrrole nitrogens is 1. The molecule has 0 amide bonds. The largest absolute Gasteiger partial charge is 0.361 e. The maximum Gasteiger partial charge on any atom is 0.230 e. The van der Waals surface area contributed by atoms with Crippen LogP contribution in [-0.2, 0) is 6.54 Å². The van der Waals surface area contributed by atoms with Crippen molar-refractivity contribution >= 4 is 34.1 Å². The van der Waals surface area contributed by atoms with Crippen LogP contribution in [-0.4, -0.2) is 20.7 Å². The quantitative estimate of drug-likeness (QED) is 0.260. The third-order valence-electron chi connectivity index (χ3n) is 5.31. The van der Waals surface area contributed by atoms with Gasteiger partial charge < -0.3 is 9.55 Å². The first-order valence-corrected chi connectivity index (χ1v) is 10.4. The molecule has 1 N–H and O–H groups in total. The molecule has 0 spiro atoms. The van der Waals surface area contributed by atoms with Gasteiger partial charge in [-0.2, -0.15) is 0 Å². The number of fused-ring (bicyclic) bond motifs is 2. The average molecular weight is 373 g/mol. The summed E-state index contributed by atoms with van der Waals surface area (Å²) < 4.78 is 2.26. The summed E-state index contributed by atoms with van der Waals surface area (Å²) in [5, 5.41) is 1.19. The second-order valence-electron chi connectivity index (χ2n) is 7.37. The lowest BCUT2D eigenvalue weighted by atomic mass is 10.1. The van der Waals surface area contributed by atoms with E-state index in [0.717, 1.165) is 29.1 Å². The van der Waals surface area contributed by atoms with Crippen LogP contribution < -0.4 is 0 Å². The highest BCUT2D eigenvalue weighted by Crippen LogP contribution is 2.24. The maximum absolute atomic E-state index is 4.78. The van der Waals surface area contributed by atoms with Gasteiger partial charge in [0.15, 0.2) is 0 Å². The first-order chi connectivity index (χ1) is 13.9. The van der Waals surface area contributed by atoms with Gasteiger partial charge in [0.05, 0.1) is 11.0 Å². The van der Waals surface area contributed by atoms with Crippen molar-refractivity contribution in [3.63, 3.8) is 0 Å². The van der Waals surface area contributed by atoms with E-state index in [-0.39, 0.29) is 0 Å². The molecule has 0 radical (unpaired) electrons. The Balaban J connectivity index is 1.56. The van der Waals surface area contributed by atoms with E-state index in [2.05, 4.69) is 52.9 Å². The predicted octanol–water partition coefficient (Wildman–Crippen LogP) is 6.63. The topological polar surface area (TPSA) is 46.0 Å². The van der Waals surface area contributed by atoms with Gasteiger partial charge in [-0.05, 0) is 24.6 Å². The van der Waals surface area contributed by atoms with Crippen molar-refractivity contribution in [2.75, 3.05) is 0 Å². The molecule has 2 aromatic carbocycles. The van der Waals surface area contributed by atoms with Crippen molar-refractivity contribution in [1.82, 2.24) is 14.5 Å². The normalized spacial score (nSPS) is 11.9. The second kappa shape index (κ2) is 8.87. The molecule has 0 aliphatic heterocycles. The third kappa shape index (κ3) is 4.01. The summed E-state index contributed by atoms with van der Waals surface area (Å²) in [6.45, 7) is 3.23. The van der Waals surface area contributed by atoms with Gasteiger partial charge in [-0.1, -0.05) is 69.4 Å². The number of hydrogen-bond donors (Lipinski definition) is 1. The number of hydrogen-bond acceptors (Lipinski definition) is 2. The summed E-state index contributed by atoms with van der Waals surface area (Å²) in [6.07, 6.45) is 11.7. The van der Waals surface area contributed by atoms with Crippen LogP contribution in [0.2, 0.25) is 0 Å². The van der Waals surface area contributed by atoms with Crippen LogP contribution in [0.4, 0.5) is 5.95 Å². The van der Waals surface area contributed by atoms with Crippen LogP contribution >= 0.6 is 0 Å². The Kier molecular flexibility index (Phi) is 5.86. The molecule has 2 heterocycles. The Hall–Kier alpha value is -2.88. The molecule has 0 saturated carbocycles. The smallest absolute Gasteiger partial charge is 0.230 e. The van der Waals surface area contributed by atoms with Gasteiger partial charge in [0.1, 0.15) is 0 Å². The van der Waals surface area contributed by atoms with E-state index in [0.29, 0.717) is 0 Å². The maximum atomic E-state index is 4.78. The van der Waals surface area contributed by atoms with E-state index in [9.17, 15) is 0 Å². The fraction of sp³-hybridized carbons (Fsp3) is 0.333. The van der Waals surface area contributed by atoms with Crippen LogP contribution in [0.15, 0.2) is 59.7 Å². The van der Waals surface area contributed by atoms with Crippen LogP contribution in [0.25, 0.3) is 21.9 Å². The zero-order chi connectivity index (χ0) is 19.2. The van der Waals surface area contributed by atoms with Gasteiger partial charge in [0.2, 0.25) is 5.95 Å². The van der Waals surface area contributed by atoms with E-state index in [1.54, 1.807) is 0 Å². The second-order valence-corrected chi connectivity index (χ2v) is 7.37. The van der Waals surface area contributed by atoms with E-state index in [1.165, 1.54) is 49.4 Å². The number of para-hydroxylation sites is 3. The lowest BCUT2D eigenvalue weighted by Crippen LogP contribution is -1.98. The molecule has 4 rings (SSSR count). The van der Waals surface area contributed by atoms with Gasteiger partial charge in [-0.3, -0.25) is 0 Å². The minimum absolute atomic E-state index is 0.792. The number of unbranched alkanes of at least 4 members (excludes halogenated alkanes) is 5. The summed E-state index contributed by atoms with van der Waals surface area (Å²) in [4.78, 5) is 12.9. The van der Waals surface area contributed by atoms with Crippen LogP contribution in [0.5, 0.6) is 0 Å². The van der Waals surface area contributed by atoms with Crippen molar-refractivity contribution < 1.29 is 0 Å². The molecule has 0 saturated heterocycles. The number of aliphatic imine (C=N–C) groups is 1. The third-order valence-corrected chi connectivity index (χ3v) is 5.31. The van der Waals surface area contributed by atoms with Gasteiger partial charge in [-0.15, -0.1) is 0 Å². The lowest BCUT2D eigenvalue weighted by Gasteiger charge is -2.06. The number of rotatable bonds is 9. The SMILES string of the molecule is CCCCCCCCn1c(N=Cc2c[nH]c3ccccc23)nc2ccccc21. The van der Waals surface area contributed by atoms with Gasteiger partial charge in [0.25, 0.3) is 0 Å².